The fourth-order valence-electron chi connectivity index (χ4n) is 2.22. The molecule has 0 radical (unpaired) electrons. The molecule has 0 fully saturated rings. The molecule has 1 amide bonds. The van der Waals surface area contributed by atoms with E-state index in [1.165, 1.54) is 0 Å². The topological polar surface area (TPSA) is 136 Å². The summed E-state index contributed by atoms with van der Waals surface area (Å²) in [7, 11) is 0. The highest BCUT2D eigenvalue weighted by atomic mass is 35.5. The molecule has 9 nitrogen and oxygen atoms in total. The number of anilines is 1. The lowest BCUT2D eigenvalue weighted by molar-refractivity contribution is -0.145. The molecule has 0 aliphatic carbocycles. The number of amides is 1. The summed E-state index contributed by atoms with van der Waals surface area (Å²) in [5.74, 6) is -2.82. The first kappa shape index (κ1) is 23.8. The van der Waals surface area contributed by atoms with E-state index in [1.54, 1.807) is 32.0 Å². The van der Waals surface area contributed by atoms with Crippen LogP contribution in [0.2, 0.25) is 5.02 Å². The van der Waals surface area contributed by atoms with E-state index in [9.17, 15) is 24.3 Å². The Morgan fingerprint density at radius 1 is 1.30 bits per heavy atom. The Bertz CT molecular complexity index is 965. The average molecular weight is 472 g/mol. The number of thioether (sulfide) groups is 1. The molecule has 0 spiro atoms. The summed E-state index contributed by atoms with van der Waals surface area (Å²) in [6, 6.07) is 4.74. The number of hydrogen-bond acceptors (Lipinski definition) is 9. The van der Waals surface area contributed by atoms with Gasteiger partial charge in [-0.25, -0.2) is 0 Å². The summed E-state index contributed by atoms with van der Waals surface area (Å²) < 4.78 is 4.94. The lowest BCUT2D eigenvalue weighted by Gasteiger charge is -2.10. The van der Waals surface area contributed by atoms with E-state index < -0.39 is 29.5 Å². The van der Waals surface area contributed by atoms with Crippen molar-refractivity contribution in [1.82, 2.24) is 10.2 Å². The number of ether oxygens (including phenoxy) is 1. The minimum Gasteiger partial charge on any atom is -0.480 e. The Hall–Kier alpha value is -2.50. The molecule has 12 heteroatoms. The molecule has 0 aliphatic heterocycles. The van der Waals surface area contributed by atoms with Gasteiger partial charge in [-0.1, -0.05) is 34.7 Å². The first-order chi connectivity index (χ1) is 14.2. The molecule has 1 atom stereocenters. The van der Waals surface area contributed by atoms with Gasteiger partial charge in [0.25, 0.3) is 0 Å². The van der Waals surface area contributed by atoms with Crippen molar-refractivity contribution in [3.8, 4) is 0 Å². The van der Waals surface area contributed by atoms with Crippen LogP contribution in [0.4, 0.5) is 5.13 Å². The van der Waals surface area contributed by atoms with E-state index >= 15 is 0 Å². The quantitative estimate of drug-likeness (QED) is 0.176. The number of esters is 1. The molecule has 1 unspecified atom stereocenters. The van der Waals surface area contributed by atoms with E-state index in [2.05, 4.69) is 20.3 Å². The standard InChI is InChI=1S/C18H18ClN3O6S2/c1-3-28-15(25)8-14(24)20-17-21-22-18(30-17)29-13(16(26)27)7-12(23)10-4-5-11(19)9(2)6-10/h4-6,13H,3,7-8H2,1-2H3,(H,26,27)(H,20,21,24). The number of carbonyl (C=O) groups is 4. The number of benzene rings is 1. The van der Waals surface area contributed by atoms with Gasteiger partial charge in [0.2, 0.25) is 11.0 Å². The number of ketones is 1. The second-order valence-corrected chi connectivity index (χ2v) is 8.77. The van der Waals surface area contributed by atoms with E-state index in [0.29, 0.717) is 10.6 Å². The Kier molecular flexibility index (Phi) is 8.75. The first-order valence-electron chi connectivity index (χ1n) is 8.67. The molecular formula is C18H18ClN3O6S2. The molecule has 0 saturated heterocycles. The highest BCUT2D eigenvalue weighted by Gasteiger charge is 2.25. The number of hydrogen-bond donors (Lipinski definition) is 2. The van der Waals surface area contributed by atoms with Crippen LogP contribution in [-0.4, -0.2) is 50.8 Å². The number of Topliss-reactive ketones (excluding diaryl/α,β-unsaturated/α-hetero) is 1. The second-order valence-electron chi connectivity index (χ2n) is 5.94. The van der Waals surface area contributed by atoms with Crippen LogP contribution in [0.1, 0.15) is 35.7 Å². The van der Waals surface area contributed by atoms with Crippen molar-refractivity contribution in [1.29, 1.82) is 0 Å². The number of carboxylic acid groups (broad SMARTS) is 1. The molecule has 2 aromatic rings. The fourth-order valence-corrected chi connectivity index (χ4v) is 4.28. The van der Waals surface area contributed by atoms with Crippen molar-refractivity contribution in [2.24, 2.45) is 0 Å². The van der Waals surface area contributed by atoms with E-state index in [1.807, 2.05) is 0 Å². The number of carboxylic acids is 1. The minimum absolute atomic E-state index is 0.107. The number of aryl methyl sites for hydroxylation is 1. The predicted octanol–water partition coefficient (Wildman–Crippen LogP) is 3.21. The molecule has 0 aliphatic rings. The van der Waals surface area contributed by atoms with Gasteiger partial charge in [0.05, 0.1) is 6.61 Å². The molecule has 2 N–H and O–H groups in total. The molecule has 160 valence electrons. The summed E-state index contributed by atoms with van der Waals surface area (Å²) in [4.78, 5) is 47.1. The van der Waals surface area contributed by atoms with Crippen LogP contribution in [0.5, 0.6) is 0 Å². The molecule has 1 aromatic carbocycles. The van der Waals surface area contributed by atoms with E-state index in [-0.39, 0.29) is 28.3 Å². The maximum Gasteiger partial charge on any atom is 0.317 e. The summed E-state index contributed by atoms with van der Waals surface area (Å²) in [5.41, 5.74) is 1.09. The molecule has 0 saturated carbocycles. The lowest BCUT2D eigenvalue weighted by Crippen LogP contribution is -2.20. The zero-order valence-corrected chi connectivity index (χ0v) is 18.4. The summed E-state index contributed by atoms with van der Waals surface area (Å²) in [6.45, 7) is 3.54. The van der Waals surface area contributed by atoms with Gasteiger partial charge in [0, 0.05) is 17.0 Å². The van der Waals surface area contributed by atoms with Crippen LogP contribution < -0.4 is 5.32 Å². The van der Waals surface area contributed by atoms with Crippen LogP contribution in [-0.2, 0) is 19.1 Å². The fraction of sp³-hybridized carbons (Fsp3) is 0.333. The van der Waals surface area contributed by atoms with Crippen LogP contribution in [0, 0.1) is 6.92 Å². The van der Waals surface area contributed by atoms with Crippen molar-refractivity contribution < 1.29 is 29.0 Å². The monoisotopic (exact) mass is 471 g/mol. The van der Waals surface area contributed by atoms with Crippen molar-refractivity contribution in [3.63, 3.8) is 0 Å². The highest BCUT2D eigenvalue weighted by Crippen LogP contribution is 2.31. The molecular weight excluding hydrogens is 454 g/mol. The van der Waals surface area contributed by atoms with Gasteiger partial charge in [0.15, 0.2) is 10.1 Å². The first-order valence-corrected chi connectivity index (χ1v) is 10.7. The summed E-state index contributed by atoms with van der Waals surface area (Å²) in [5, 5.41) is 19.0. The van der Waals surface area contributed by atoms with Crippen LogP contribution in [0.25, 0.3) is 0 Å². The van der Waals surface area contributed by atoms with Gasteiger partial charge in [0.1, 0.15) is 11.7 Å². The zero-order chi connectivity index (χ0) is 22.3. The van der Waals surface area contributed by atoms with Crippen LogP contribution in [0.3, 0.4) is 0 Å². The molecule has 1 heterocycles. The number of rotatable bonds is 10. The number of aliphatic carboxylic acids is 1. The van der Waals surface area contributed by atoms with Crippen LogP contribution >= 0.6 is 34.7 Å². The third kappa shape index (κ3) is 7.08. The van der Waals surface area contributed by atoms with Crippen molar-refractivity contribution >= 4 is 63.5 Å². The Morgan fingerprint density at radius 2 is 2.03 bits per heavy atom. The molecule has 0 bridgehead atoms. The normalized spacial score (nSPS) is 11.6. The number of halogens is 1. The van der Waals surface area contributed by atoms with Gasteiger partial charge in [-0.05, 0) is 37.6 Å². The van der Waals surface area contributed by atoms with Crippen LogP contribution in [0.15, 0.2) is 22.5 Å². The summed E-state index contributed by atoms with van der Waals surface area (Å²) in [6.07, 6.45) is -0.728. The lowest BCUT2D eigenvalue weighted by atomic mass is 10.0. The van der Waals surface area contributed by atoms with Gasteiger partial charge in [-0.2, -0.15) is 0 Å². The molecule has 2 rings (SSSR count). The smallest absolute Gasteiger partial charge is 0.317 e. The average Bonchev–Trinajstić information content (AvgIpc) is 3.10. The summed E-state index contributed by atoms with van der Waals surface area (Å²) >= 11 is 7.74. The number of carbonyl (C=O) groups excluding carboxylic acids is 3. The Labute approximate surface area is 185 Å². The SMILES string of the molecule is CCOC(=O)CC(=O)Nc1nnc(SC(CC(=O)c2ccc(Cl)c(C)c2)C(=O)O)s1. The third-order valence-corrected chi connectivity index (χ3v) is 6.16. The molecule has 30 heavy (non-hydrogen) atoms. The maximum absolute atomic E-state index is 12.5. The Balaban J connectivity index is 1.99. The number of nitrogens with one attached hydrogen (secondary N) is 1. The largest absolute Gasteiger partial charge is 0.480 e. The van der Waals surface area contributed by atoms with Crippen molar-refractivity contribution in [2.75, 3.05) is 11.9 Å². The van der Waals surface area contributed by atoms with Gasteiger partial charge >= 0.3 is 11.9 Å². The van der Waals surface area contributed by atoms with Gasteiger partial charge in [-0.15, -0.1) is 10.2 Å². The van der Waals surface area contributed by atoms with E-state index in [4.69, 9.17) is 11.6 Å². The Morgan fingerprint density at radius 3 is 2.67 bits per heavy atom. The second kappa shape index (κ2) is 11.0. The minimum atomic E-state index is -1.18. The number of nitrogens with zero attached hydrogens (tertiary/aromatic N) is 2. The highest BCUT2D eigenvalue weighted by molar-refractivity contribution is 8.02. The van der Waals surface area contributed by atoms with Crippen molar-refractivity contribution in [3.05, 3.63) is 34.3 Å². The molecule has 1 aromatic heterocycles. The van der Waals surface area contributed by atoms with E-state index in [0.717, 1.165) is 28.7 Å². The van der Waals surface area contributed by atoms with Gasteiger partial charge < -0.3 is 9.84 Å². The number of aromatic nitrogens is 2. The third-order valence-electron chi connectivity index (χ3n) is 3.63. The maximum atomic E-state index is 12.5. The predicted molar refractivity (Wildman–Crippen MR) is 112 cm³/mol. The van der Waals surface area contributed by atoms with Crippen molar-refractivity contribution in [2.45, 2.75) is 36.3 Å². The van der Waals surface area contributed by atoms with Gasteiger partial charge in [-0.3, -0.25) is 24.5 Å². The zero-order valence-electron chi connectivity index (χ0n) is 16.0.